The maximum Gasteiger partial charge on any atom is 0.0944 e. The van der Waals surface area contributed by atoms with Gasteiger partial charge < -0.3 is 9.94 Å². The molecule has 1 N–H and O–H groups in total. The molecule has 1 aliphatic heterocycles. The Morgan fingerprint density at radius 3 is 2.56 bits per heavy atom. The van der Waals surface area contributed by atoms with Crippen LogP contribution < -0.4 is 0 Å². The van der Waals surface area contributed by atoms with Crippen molar-refractivity contribution in [2.75, 3.05) is 20.2 Å². The summed E-state index contributed by atoms with van der Waals surface area (Å²) in [5.74, 6) is 0. The van der Waals surface area contributed by atoms with E-state index in [1.54, 1.807) is 12.2 Å². The Morgan fingerprint density at radius 1 is 1.67 bits per heavy atom. The molecule has 0 spiro atoms. The van der Waals surface area contributed by atoms with Gasteiger partial charge in [-0.05, 0) is 6.42 Å². The monoisotopic (exact) mass is 131 g/mol. The number of nitrogens with zero attached hydrogens (tertiary/aromatic N) is 1. The van der Waals surface area contributed by atoms with E-state index in [0.717, 1.165) is 6.42 Å². The number of β-amino-alcohol motifs (C(OH)–C–C–N with tert-alkyl or cyclic N) is 1. The van der Waals surface area contributed by atoms with Gasteiger partial charge in [-0.2, -0.15) is 5.06 Å². The molecule has 0 aromatic rings. The molecule has 3 heteroatoms. The van der Waals surface area contributed by atoms with Crippen molar-refractivity contribution in [3.05, 3.63) is 0 Å². The van der Waals surface area contributed by atoms with E-state index in [1.807, 2.05) is 6.92 Å². The lowest BCUT2D eigenvalue weighted by molar-refractivity contribution is -0.258. The maximum absolute atomic E-state index is 9.40. The van der Waals surface area contributed by atoms with Gasteiger partial charge in [-0.25, -0.2) is 0 Å². The fourth-order valence-electron chi connectivity index (χ4n) is 0.963. The van der Waals surface area contributed by atoms with Crippen molar-refractivity contribution in [3.8, 4) is 0 Å². The molecule has 9 heavy (non-hydrogen) atoms. The highest BCUT2D eigenvalue weighted by Gasteiger charge is 2.39. The van der Waals surface area contributed by atoms with E-state index in [2.05, 4.69) is 0 Å². The van der Waals surface area contributed by atoms with Gasteiger partial charge in [0.15, 0.2) is 0 Å². The molecular formula is C6H13NO2. The molecule has 0 aliphatic carbocycles. The van der Waals surface area contributed by atoms with E-state index in [9.17, 15) is 5.11 Å². The Kier molecular flexibility index (Phi) is 1.75. The lowest BCUT2D eigenvalue weighted by atomic mass is 9.94. The Balaban J connectivity index is 2.24. The van der Waals surface area contributed by atoms with Crippen LogP contribution in [0.15, 0.2) is 0 Å². The molecule has 1 rings (SSSR count). The average Bonchev–Trinajstić information content (AvgIpc) is 1.81. The molecule has 1 heterocycles. The van der Waals surface area contributed by atoms with Crippen LogP contribution in [-0.4, -0.2) is 36.0 Å². The molecule has 0 radical (unpaired) electrons. The average molecular weight is 131 g/mol. The molecule has 0 unspecified atom stereocenters. The summed E-state index contributed by atoms with van der Waals surface area (Å²) in [5.41, 5.74) is -0.462. The lowest BCUT2D eigenvalue weighted by Gasteiger charge is -2.44. The fraction of sp³-hybridized carbons (Fsp3) is 1.00. The van der Waals surface area contributed by atoms with Crippen LogP contribution in [0, 0.1) is 0 Å². The minimum absolute atomic E-state index is 0.462. The number of aliphatic hydroxyl groups is 1. The minimum atomic E-state index is -0.462. The van der Waals surface area contributed by atoms with Gasteiger partial charge in [0, 0.05) is 0 Å². The molecule has 3 nitrogen and oxygen atoms in total. The van der Waals surface area contributed by atoms with Gasteiger partial charge in [-0.15, -0.1) is 0 Å². The first kappa shape index (κ1) is 6.99. The third kappa shape index (κ3) is 1.23. The largest absolute Gasteiger partial charge is 0.387 e. The molecule has 0 atom stereocenters. The molecule has 1 saturated heterocycles. The highest BCUT2D eigenvalue weighted by Crippen LogP contribution is 2.23. The summed E-state index contributed by atoms with van der Waals surface area (Å²) in [7, 11) is 1.62. The first-order valence-corrected chi connectivity index (χ1v) is 3.21. The van der Waals surface area contributed by atoms with E-state index in [4.69, 9.17) is 4.84 Å². The van der Waals surface area contributed by atoms with Crippen molar-refractivity contribution in [1.29, 1.82) is 0 Å². The fourth-order valence-corrected chi connectivity index (χ4v) is 0.963. The molecule has 0 amide bonds. The summed E-state index contributed by atoms with van der Waals surface area (Å²) in [6.07, 6.45) is 0.812. The topological polar surface area (TPSA) is 32.7 Å². The molecule has 0 aromatic heterocycles. The smallest absolute Gasteiger partial charge is 0.0944 e. The van der Waals surface area contributed by atoms with Crippen LogP contribution in [0.3, 0.4) is 0 Å². The Labute approximate surface area is 55.2 Å². The van der Waals surface area contributed by atoms with Crippen LogP contribution in [0.5, 0.6) is 0 Å². The zero-order chi connectivity index (χ0) is 6.91. The van der Waals surface area contributed by atoms with Crippen LogP contribution in [0.1, 0.15) is 13.3 Å². The van der Waals surface area contributed by atoms with Crippen LogP contribution in [0.4, 0.5) is 0 Å². The van der Waals surface area contributed by atoms with Gasteiger partial charge in [-0.1, -0.05) is 6.92 Å². The van der Waals surface area contributed by atoms with Crippen LogP contribution in [0.2, 0.25) is 0 Å². The second-order valence-electron chi connectivity index (χ2n) is 2.56. The van der Waals surface area contributed by atoms with E-state index < -0.39 is 5.60 Å². The second-order valence-corrected chi connectivity index (χ2v) is 2.56. The van der Waals surface area contributed by atoms with Gasteiger partial charge in [-0.3, -0.25) is 0 Å². The summed E-state index contributed by atoms with van der Waals surface area (Å²) >= 11 is 0. The van der Waals surface area contributed by atoms with Gasteiger partial charge in [0.1, 0.15) is 0 Å². The zero-order valence-electron chi connectivity index (χ0n) is 5.92. The minimum Gasteiger partial charge on any atom is -0.387 e. The SMILES string of the molecule is CCC1(O)CN(OC)C1. The van der Waals surface area contributed by atoms with Crippen molar-refractivity contribution >= 4 is 0 Å². The number of hydrogen-bond acceptors (Lipinski definition) is 3. The van der Waals surface area contributed by atoms with E-state index in [1.165, 1.54) is 0 Å². The standard InChI is InChI=1S/C6H13NO2/c1-3-6(8)4-7(5-6)9-2/h8H,3-5H2,1-2H3. The normalized spacial score (nSPS) is 25.7. The summed E-state index contributed by atoms with van der Waals surface area (Å²) in [6.45, 7) is 3.28. The van der Waals surface area contributed by atoms with Crippen molar-refractivity contribution in [1.82, 2.24) is 5.06 Å². The van der Waals surface area contributed by atoms with Gasteiger partial charge >= 0.3 is 0 Å². The summed E-state index contributed by atoms with van der Waals surface area (Å²) in [5, 5.41) is 11.1. The van der Waals surface area contributed by atoms with Crippen molar-refractivity contribution in [2.45, 2.75) is 18.9 Å². The van der Waals surface area contributed by atoms with Crippen LogP contribution in [-0.2, 0) is 4.84 Å². The Hall–Kier alpha value is -0.120. The Morgan fingerprint density at radius 2 is 2.22 bits per heavy atom. The second kappa shape index (κ2) is 2.25. The number of hydroxylamine groups is 2. The molecule has 0 bridgehead atoms. The highest BCUT2D eigenvalue weighted by atomic mass is 16.7. The van der Waals surface area contributed by atoms with Crippen molar-refractivity contribution in [2.24, 2.45) is 0 Å². The van der Waals surface area contributed by atoms with Crippen molar-refractivity contribution < 1.29 is 9.94 Å². The molecule has 54 valence electrons. The zero-order valence-corrected chi connectivity index (χ0v) is 5.92. The van der Waals surface area contributed by atoms with E-state index >= 15 is 0 Å². The summed E-state index contributed by atoms with van der Waals surface area (Å²) < 4.78 is 0. The first-order chi connectivity index (χ1) is 4.20. The maximum atomic E-state index is 9.40. The number of rotatable bonds is 2. The van der Waals surface area contributed by atoms with Crippen molar-refractivity contribution in [3.63, 3.8) is 0 Å². The first-order valence-electron chi connectivity index (χ1n) is 3.21. The third-order valence-corrected chi connectivity index (χ3v) is 1.86. The summed E-state index contributed by atoms with van der Waals surface area (Å²) in [4.78, 5) is 4.86. The molecular weight excluding hydrogens is 118 g/mol. The molecule has 0 saturated carbocycles. The van der Waals surface area contributed by atoms with Crippen LogP contribution >= 0.6 is 0 Å². The molecule has 1 aliphatic rings. The third-order valence-electron chi connectivity index (χ3n) is 1.86. The summed E-state index contributed by atoms with van der Waals surface area (Å²) in [6, 6.07) is 0. The quantitative estimate of drug-likeness (QED) is 0.572. The molecule has 1 fully saturated rings. The van der Waals surface area contributed by atoms with Gasteiger partial charge in [0.25, 0.3) is 0 Å². The van der Waals surface area contributed by atoms with E-state index in [0.29, 0.717) is 13.1 Å². The lowest BCUT2D eigenvalue weighted by Crippen LogP contribution is -2.60. The highest BCUT2D eigenvalue weighted by molar-refractivity contribution is 4.90. The molecule has 0 aromatic carbocycles. The predicted octanol–water partition coefficient (Wildman–Crippen LogP) is 0.00450. The van der Waals surface area contributed by atoms with Gasteiger partial charge in [0.2, 0.25) is 0 Å². The number of hydrogen-bond donors (Lipinski definition) is 1. The van der Waals surface area contributed by atoms with E-state index in [-0.39, 0.29) is 0 Å². The predicted molar refractivity (Wildman–Crippen MR) is 33.8 cm³/mol. The van der Waals surface area contributed by atoms with Gasteiger partial charge in [0.05, 0.1) is 25.8 Å². The Bertz CT molecular complexity index is 99.2. The van der Waals surface area contributed by atoms with Crippen LogP contribution in [0.25, 0.3) is 0 Å².